The van der Waals surface area contributed by atoms with Gasteiger partial charge in [-0.3, -0.25) is 4.90 Å². The van der Waals surface area contributed by atoms with Gasteiger partial charge in [0, 0.05) is 31.5 Å². The number of aromatic nitrogens is 1. The fraction of sp³-hybridized carbons (Fsp3) is 0.154. The van der Waals surface area contributed by atoms with E-state index in [1.165, 1.54) is 16.8 Å². The zero-order valence-corrected chi connectivity index (χ0v) is 18.2. The maximum absolute atomic E-state index is 6.50. The number of benzene rings is 3. The quantitative estimate of drug-likeness (QED) is 0.289. The van der Waals surface area contributed by atoms with E-state index in [4.69, 9.17) is 23.2 Å². The molecule has 30 heavy (non-hydrogen) atoms. The van der Waals surface area contributed by atoms with Crippen LogP contribution in [0.1, 0.15) is 16.8 Å². The molecule has 1 heterocycles. The summed E-state index contributed by atoms with van der Waals surface area (Å²) in [6.45, 7) is 2.67. The minimum Gasteiger partial charge on any atom is -0.318 e. The van der Waals surface area contributed by atoms with E-state index in [9.17, 15) is 0 Å². The summed E-state index contributed by atoms with van der Waals surface area (Å²) in [5.41, 5.74) is 4.75. The summed E-state index contributed by atoms with van der Waals surface area (Å²) in [6, 6.07) is 31.2. The van der Waals surface area contributed by atoms with Crippen molar-refractivity contribution in [3.05, 3.63) is 124 Å². The van der Waals surface area contributed by atoms with Crippen LogP contribution in [0.2, 0.25) is 10.0 Å². The molecule has 0 unspecified atom stereocenters. The van der Waals surface area contributed by atoms with Crippen molar-refractivity contribution in [3.8, 4) is 5.69 Å². The van der Waals surface area contributed by atoms with E-state index in [0.29, 0.717) is 10.0 Å². The molecule has 0 saturated carbocycles. The highest BCUT2D eigenvalue weighted by Crippen LogP contribution is 2.29. The SMILES string of the molecule is Clc1cccc(-n2cccc2CN(CCc2ccccc2)Cc2ccccc2)c1Cl. The number of halogens is 2. The molecule has 0 saturated heterocycles. The van der Waals surface area contributed by atoms with Gasteiger partial charge in [-0.15, -0.1) is 0 Å². The van der Waals surface area contributed by atoms with Crippen LogP contribution in [0.5, 0.6) is 0 Å². The van der Waals surface area contributed by atoms with Crippen LogP contribution in [0.15, 0.2) is 97.2 Å². The van der Waals surface area contributed by atoms with E-state index < -0.39 is 0 Å². The summed E-state index contributed by atoms with van der Waals surface area (Å²) in [5, 5.41) is 1.15. The smallest absolute Gasteiger partial charge is 0.0832 e. The first-order chi connectivity index (χ1) is 14.7. The van der Waals surface area contributed by atoms with Gasteiger partial charge in [-0.2, -0.15) is 0 Å². The summed E-state index contributed by atoms with van der Waals surface area (Å²) < 4.78 is 2.13. The van der Waals surface area contributed by atoms with Crippen LogP contribution >= 0.6 is 23.2 Å². The molecular formula is C26H24Cl2N2. The van der Waals surface area contributed by atoms with Gasteiger partial charge in [-0.05, 0) is 41.8 Å². The monoisotopic (exact) mass is 434 g/mol. The molecule has 0 bridgehead atoms. The lowest BCUT2D eigenvalue weighted by Gasteiger charge is -2.24. The molecule has 0 amide bonds. The molecule has 3 aromatic carbocycles. The maximum atomic E-state index is 6.50. The van der Waals surface area contributed by atoms with Gasteiger partial charge in [0.1, 0.15) is 0 Å². The highest BCUT2D eigenvalue weighted by Gasteiger charge is 2.14. The van der Waals surface area contributed by atoms with Crippen LogP contribution < -0.4 is 0 Å². The summed E-state index contributed by atoms with van der Waals surface area (Å²) in [7, 11) is 0. The Morgan fingerprint density at radius 3 is 2.10 bits per heavy atom. The van der Waals surface area contributed by atoms with Gasteiger partial charge >= 0.3 is 0 Å². The number of hydrogen-bond acceptors (Lipinski definition) is 1. The van der Waals surface area contributed by atoms with E-state index in [-0.39, 0.29) is 0 Å². The Labute approximate surface area is 188 Å². The van der Waals surface area contributed by atoms with Crippen LogP contribution in [-0.4, -0.2) is 16.0 Å². The van der Waals surface area contributed by atoms with Gasteiger partial charge in [0.05, 0.1) is 15.7 Å². The van der Waals surface area contributed by atoms with Crippen LogP contribution in [0, 0.1) is 0 Å². The lowest BCUT2D eigenvalue weighted by atomic mass is 10.1. The Hall–Kier alpha value is -2.52. The van der Waals surface area contributed by atoms with Crippen LogP contribution in [-0.2, 0) is 19.5 Å². The minimum atomic E-state index is 0.569. The molecule has 4 aromatic rings. The van der Waals surface area contributed by atoms with E-state index in [1.54, 1.807) is 0 Å². The zero-order valence-electron chi connectivity index (χ0n) is 16.7. The van der Waals surface area contributed by atoms with Gasteiger partial charge in [-0.25, -0.2) is 0 Å². The molecule has 2 nitrogen and oxygen atoms in total. The summed E-state index contributed by atoms with van der Waals surface area (Å²) in [4.78, 5) is 2.48. The van der Waals surface area contributed by atoms with E-state index >= 15 is 0 Å². The molecular weight excluding hydrogens is 411 g/mol. The summed E-state index contributed by atoms with van der Waals surface area (Å²) >= 11 is 12.8. The van der Waals surface area contributed by atoms with Crippen molar-refractivity contribution in [2.24, 2.45) is 0 Å². The molecule has 1 aromatic heterocycles. The first kappa shape index (κ1) is 20.7. The van der Waals surface area contributed by atoms with Gasteiger partial charge in [0.2, 0.25) is 0 Å². The molecule has 152 valence electrons. The van der Waals surface area contributed by atoms with Crippen LogP contribution in [0.4, 0.5) is 0 Å². The minimum absolute atomic E-state index is 0.569. The molecule has 0 atom stereocenters. The summed E-state index contributed by atoms with van der Waals surface area (Å²) in [6.07, 6.45) is 3.05. The second kappa shape index (κ2) is 9.99. The number of hydrogen-bond donors (Lipinski definition) is 0. The first-order valence-corrected chi connectivity index (χ1v) is 10.9. The average Bonchev–Trinajstić information content (AvgIpc) is 3.23. The Balaban J connectivity index is 1.57. The second-order valence-electron chi connectivity index (χ2n) is 7.37. The molecule has 0 spiro atoms. The second-order valence-corrected chi connectivity index (χ2v) is 8.16. The molecule has 0 N–H and O–H groups in total. The van der Waals surface area contributed by atoms with Gasteiger partial charge in [0.25, 0.3) is 0 Å². The number of rotatable bonds is 8. The van der Waals surface area contributed by atoms with Crippen molar-refractivity contribution in [2.75, 3.05) is 6.54 Å². The Morgan fingerprint density at radius 1 is 0.667 bits per heavy atom. The van der Waals surface area contributed by atoms with E-state index in [2.05, 4.69) is 82.3 Å². The highest BCUT2D eigenvalue weighted by atomic mass is 35.5. The Morgan fingerprint density at radius 2 is 1.37 bits per heavy atom. The van der Waals surface area contributed by atoms with E-state index in [1.807, 2.05) is 24.4 Å². The number of nitrogens with zero attached hydrogens (tertiary/aromatic N) is 2. The van der Waals surface area contributed by atoms with E-state index in [0.717, 1.165) is 31.7 Å². The summed E-state index contributed by atoms with van der Waals surface area (Å²) in [5.74, 6) is 0. The Bertz CT molecular complexity index is 1070. The highest BCUT2D eigenvalue weighted by molar-refractivity contribution is 6.43. The third kappa shape index (κ3) is 5.14. The normalized spacial score (nSPS) is 11.2. The maximum Gasteiger partial charge on any atom is 0.0832 e. The van der Waals surface area contributed by atoms with Crippen molar-refractivity contribution in [1.29, 1.82) is 0 Å². The topological polar surface area (TPSA) is 8.17 Å². The van der Waals surface area contributed by atoms with Gasteiger partial charge < -0.3 is 4.57 Å². The average molecular weight is 435 g/mol. The fourth-order valence-corrected chi connectivity index (χ4v) is 4.06. The lowest BCUT2D eigenvalue weighted by Crippen LogP contribution is -2.26. The molecule has 0 aliphatic carbocycles. The predicted molar refractivity (Wildman–Crippen MR) is 126 cm³/mol. The van der Waals surface area contributed by atoms with Crippen LogP contribution in [0.25, 0.3) is 5.69 Å². The molecule has 0 fully saturated rings. The van der Waals surface area contributed by atoms with Gasteiger partial charge in [-0.1, -0.05) is 89.9 Å². The Kier molecular flexibility index (Phi) is 6.91. The lowest BCUT2D eigenvalue weighted by molar-refractivity contribution is 0.255. The van der Waals surface area contributed by atoms with Crippen molar-refractivity contribution < 1.29 is 0 Å². The van der Waals surface area contributed by atoms with Crippen molar-refractivity contribution in [2.45, 2.75) is 19.5 Å². The predicted octanol–water partition coefficient (Wildman–Crippen LogP) is 7.03. The molecule has 0 aliphatic heterocycles. The molecule has 4 rings (SSSR count). The third-order valence-electron chi connectivity index (χ3n) is 5.22. The van der Waals surface area contributed by atoms with Crippen molar-refractivity contribution >= 4 is 23.2 Å². The first-order valence-electron chi connectivity index (χ1n) is 10.1. The molecule has 0 radical (unpaired) electrons. The third-order valence-corrected chi connectivity index (χ3v) is 6.03. The zero-order chi connectivity index (χ0) is 20.8. The molecule has 0 aliphatic rings. The largest absolute Gasteiger partial charge is 0.318 e. The van der Waals surface area contributed by atoms with Gasteiger partial charge in [0.15, 0.2) is 0 Å². The molecule has 4 heteroatoms. The fourth-order valence-electron chi connectivity index (χ4n) is 3.68. The van der Waals surface area contributed by atoms with Crippen molar-refractivity contribution in [1.82, 2.24) is 9.47 Å². The standard InChI is InChI=1S/C26H24Cl2N2/c27-24-14-7-15-25(26(24)28)30-17-8-13-23(30)20-29(19-22-11-5-2-6-12-22)18-16-21-9-3-1-4-10-21/h1-15,17H,16,18-20H2. The van der Waals surface area contributed by atoms with Crippen LogP contribution in [0.3, 0.4) is 0 Å². The van der Waals surface area contributed by atoms with Crippen molar-refractivity contribution in [3.63, 3.8) is 0 Å².